The van der Waals surface area contributed by atoms with E-state index in [1.54, 1.807) is 0 Å². The molecular formula is C14H23FN4. The van der Waals surface area contributed by atoms with Crippen molar-refractivity contribution >= 4 is 5.82 Å². The van der Waals surface area contributed by atoms with Gasteiger partial charge in [0, 0.05) is 19.6 Å². The molecule has 0 amide bonds. The zero-order chi connectivity index (χ0) is 14.0. The van der Waals surface area contributed by atoms with Crippen molar-refractivity contribution in [2.24, 2.45) is 5.92 Å². The van der Waals surface area contributed by atoms with E-state index >= 15 is 0 Å². The van der Waals surface area contributed by atoms with E-state index in [2.05, 4.69) is 28.8 Å². The molecule has 0 aliphatic carbocycles. The molecule has 0 aromatic carbocycles. The molecule has 1 aromatic rings. The van der Waals surface area contributed by atoms with Gasteiger partial charge in [-0.05, 0) is 32.4 Å². The number of nitrogens with zero attached hydrogens (tertiary/aromatic N) is 4. The van der Waals surface area contributed by atoms with Crippen molar-refractivity contribution in [3.63, 3.8) is 0 Å². The van der Waals surface area contributed by atoms with Crippen LogP contribution in [0.1, 0.15) is 26.0 Å². The standard InChI is InChI=1S/C14H23FN4/c1-5-11-13(15)14(17-9-16-11)19(4)12-6-7-18(3)8-10(12)2/h9-10,12H,5-8H2,1-4H3. The molecule has 5 heteroatoms. The lowest BCUT2D eigenvalue weighted by Crippen LogP contribution is -2.48. The lowest BCUT2D eigenvalue weighted by atomic mass is 9.93. The SMILES string of the molecule is CCc1ncnc(N(C)C2CCN(C)CC2C)c1F. The normalized spacial score (nSPS) is 24.5. The summed E-state index contributed by atoms with van der Waals surface area (Å²) in [7, 11) is 4.07. The van der Waals surface area contributed by atoms with E-state index in [9.17, 15) is 4.39 Å². The Bertz CT molecular complexity index is 437. The largest absolute Gasteiger partial charge is 0.354 e. The fraction of sp³-hybridized carbons (Fsp3) is 0.714. The molecule has 1 fully saturated rings. The van der Waals surface area contributed by atoms with Crippen LogP contribution in [-0.2, 0) is 6.42 Å². The molecule has 2 atom stereocenters. The first-order chi connectivity index (χ1) is 9.04. The van der Waals surface area contributed by atoms with Gasteiger partial charge in [-0.25, -0.2) is 14.4 Å². The van der Waals surface area contributed by atoms with E-state index in [-0.39, 0.29) is 5.82 Å². The summed E-state index contributed by atoms with van der Waals surface area (Å²) in [5.41, 5.74) is 0.498. The summed E-state index contributed by atoms with van der Waals surface area (Å²) >= 11 is 0. The molecule has 0 bridgehead atoms. The van der Waals surface area contributed by atoms with Crippen molar-refractivity contribution in [2.75, 3.05) is 32.1 Å². The molecule has 2 rings (SSSR count). The molecule has 1 aliphatic heterocycles. The highest BCUT2D eigenvalue weighted by Gasteiger charge is 2.29. The van der Waals surface area contributed by atoms with Crippen molar-refractivity contribution in [1.29, 1.82) is 0 Å². The van der Waals surface area contributed by atoms with E-state index in [0.29, 0.717) is 29.9 Å². The van der Waals surface area contributed by atoms with Crippen molar-refractivity contribution in [3.05, 3.63) is 17.8 Å². The first kappa shape index (κ1) is 14.2. The van der Waals surface area contributed by atoms with Crippen LogP contribution in [-0.4, -0.2) is 48.1 Å². The third-order valence-electron chi connectivity index (χ3n) is 4.07. The zero-order valence-electron chi connectivity index (χ0n) is 12.2. The average molecular weight is 266 g/mol. The predicted molar refractivity (Wildman–Crippen MR) is 74.8 cm³/mol. The van der Waals surface area contributed by atoms with E-state index in [1.807, 2.05) is 18.9 Å². The van der Waals surface area contributed by atoms with E-state index in [0.717, 1.165) is 19.5 Å². The molecule has 4 nitrogen and oxygen atoms in total. The number of aryl methyl sites for hydroxylation is 1. The Labute approximate surface area is 114 Å². The maximum Gasteiger partial charge on any atom is 0.187 e. The minimum absolute atomic E-state index is 0.265. The quantitative estimate of drug-likeness (QED) is 0.837. The van der Waals surface area contributed by atoms with Gasteiger partial charge < -0.3 is 9.80 Å². The van der Waals surface area contributed by atoms with Crippen LogP contribution in [0.5, 0.6) is 0 Å². The number of anilines is 1. The van der Waals surface area contributed by atoms with Gasteiger partial charge >= 0.3 is 0 Å². The van der Waals surface area contributed by atoms with E-state index < -0.39 is 0 Å². The van der Waals surface area contributed by atoms with Gasteiger partial charge in [0.1, 0.15) is 6.33 Å². The highest BCUT2D eigenvalue weighted by Crippen LogP contribution is 2.26. The lowest BCUT2D eigenvalue weighted by molar-refractivity contribution is 0.193. The number of piperidine rings is 1. The molecule has 0 N–H and O–H groups in total. The highest BCUT2D eigenvalue weighted by atomic mass is 19.1. The van der Waals surface area contributed by atoms with Gasteiger partial charge in [0.2, 0.25) is 0 Å². The van der Waals surface area contributed by atoms with Gasteiger partial charge in [0.05, 0.1) is 5.69 Å². The fourth-order valence-corrected chi connectivity index (χ4v) is 2.96. The Morgan fingerprint density at radius 2 is 2.21 bits per heavy atom. The summed E-state index contributed by atoms with van der Waals surface area (Å²) in [5.74, 6) is 0.676. The average Bonchev–Trinajstić information content (AvgIpc) is 2.38. The smallest absolute Gasteiger partial charge is 0.187 e. The zero-order valence-corrected chi connectivity index (χ0v) is 12.2. The Hall–Kier alpha value is -1.23. The maximum absolute atomic E-state index is 14.3. The molecule has 19 heavy (non-hydrogen) atoms. The van der Waals surface area contributed by atoms with E-state index in [4.69, 9.17) is 0 Å². The minimum atomic E-state index is -0.265. The summed E-state index contributed by atoms with van der Waals surface area (Å²) < 4.78 is 14.3. The molecule has 2 heterocycles. The predicted octanol–water partition coefficient (Wildman–Crippen LogP) is 1.95. The second-order valence-corrected chi connectivity index (χ2v) is 5.52. The highest BCUT2D eigenvalue weighted by molar-refractivity contribution is 5.41. The summed E-state index contributed by atoms with van der Waals surface area (Å²) in [6.07, 6.45) is 3.10. The third-order valence-corrected chi connectivity index (χ3v) is 4.07. The van der Waals surface area contributed by atoms with Crippen LogP contribution < -0.4 is 4.90 Å². The Morgan fingerprint density at radius 3 is 2.84 bits per heavy atom. The van der Waals surface area contributed by atoms with Crippen LogP contribution in [0.4, 0.5) is 10.2 Å². The molecule has 1 aromatic heterocycles. The van der Waals surface area contributed by atoms with Gasteiger partial charge in [0.25, 0.3) is 0 Å². The summed E-state index contributed by atoms with van der Waals surface area (Å²) in [6.45, 7) is 6.22. The second kappa shape index (κ2) is 5.82. The Morgan fingerprint density at radius 1 is 1.47 bits per heavy atom. The first-order valence-corrected chi connectivity index (χ1v) is 6.95. The molecular weight excluding hydrogens is 243 g/mol. The lowest BCUT2D eigenvalue weighted by Gasteiger charge is -2.40. The number of halogens is 1. The first-order valence-electron chi connectivity index (χ1n) is 6.95. The van der Waals surface area contributed by atoms with Crippen LogP contribution in [0, 0.1) is 11.7 Å². The van der Waals surface area contributed by atoms with E-state index in [1.165, 1.54) is 6.33 Å². The Balaban J connectivity index is 2.22. The van der Waals surface area contributed by atoms with Crippen LogP contribution in [0.3, 0.4) is 0 Å². The Kier molecular flexibility index (Phi) is 4.34. The minimum Gasteiger partial charge on any atom is -0.354 e. The second-order valence-electron chi connectivity index (χ2n) is 5.52. The number of hydrogen-bond donors (Lipinski definition) is 0. The number of likely N-dealkylation sites (tertiary alicyclic amines) is 1. The van der Waals surface area contributed by atoms with Crippen molar-refractivity contribution in [1.82, 2.24) is 14.9 Å². The third kappa shape index (κ3) is 2.86. The van der Waals surface area contributed by atoms with Crippen LogP contribution in [0.15, 0.2) is 6.33 Å². The fourth-order valence-electron chi connectivity index (χ4n) is 2.96. The molecule has 0 spiro atoms. The van der Waals surface area contributed by atoms with Gasteiger partial charge in [-0.1, -0.05) is 13.8 Å². The van der Waals surface area contributed by atoms with Crippen LogP contribution >= 0.6 is 0 Å². The molecule has 0 radical (unpaired) electrons. The summed E-state index contributed by atoms with van der Waals surface area (Å²) in [6, 6.07) is 0.338. The maximum atomic E-state index is 14.3. The number of hydrogen-bond acceptors (Lipinski definition) is 4. The molecule has 1 aliphatic rings. The van der Waals surface area contributed by atoms with Crippen molar-refractivity contribution < 1.29 is 4.39 Å². The number of aromatic nitrogens is 2. The molecule has 106 valence electrons. The number of rotatable bonds is 3. The van der Waals surface area contributed by atoms with Crippen molar-refractivity contribution in [3.8, 4) is 0 Å². The van der Waals surface area contributed by atoms with Gasteiger partial charge in [-0.15, -0.1) is 0 Å². The summed E-state index contributed by atoms with van der Waals surface area (Å²) in [5, 5.41) is 0. The monoisotopic (exact) mass is 266 g/mol. The van der Waals surface area contributed by atoms with Crippen LogP contribution in [0.25, 0.3) is 0 Å². The molecule has 0 saturated carbocycles. The van der Waals surface area contributed by atoms with Gasteiger partial charge in [-0.3, -0.25) is 0 Å². The van der Waals surface area contributed by atoms with Crippen molar-refractivity contribution in [2.45, 2.75) is 32.7 Å². The summed E-state index contributed by atoms with van der Waals surface area (Å²) in [4.78, 5) is 12.5. The van der Waals surface area contributed by atoms with Crippen LogP contribution in [0.2, 0.25) is 0 Å². The van der Waals surface area contributed by atoms with Gasteiger partial charge in [0.15, 0.2) is 11.6 Å². The van der Waals surface area contributed by atoms with Gasteiger partial charge in [-0.2, -0.15) is 0 Å². The molecule has 2 unspecified atom stereocenters. The molecule has 1 saturated heterocycles. The topological polar surface area (TPSA) is 32.3 Å².